The number of thiophene rings is 1. The summed E-state index contributed by atoms with van der Waals surface area (Å²) in [6.45, 7) is 1.57. The molecule has 1 spiro atoms. The zero-order valence-electron chi connectivity index (χ0n) is 15.2. The monoisotopic (exact) mass is 394 g/mol. The van der Waals surface area contributed by atoms with Gasteiger partial charge in [0.05, 0.1) is 5.56 Å². The van der Waals surface area contributed by atoms with Crippen LogP contribution >= 0.6 is 11.3 Å². The molecule has 1 unspecified atom stereocenters. The summed E-state index contributed by atoms with van der Waals surface area (Å²) in [5.74, 6) is -0.911. The summed E-state index contributed by atoms with van der Waals surface area (Å²) in [5, 5.41) is 15.1. The number of amides is 4. The standard InChI is InChI=1S/C20H18N4O3S/c1-2-14-9-13(10-21)17(28-14)22-16(25)11-24-18(26)20(23-19(24)27)8-7-12-5-3-4-6-15(12)20/h3-6,9H,2,7-8,11H2,1H3,(H,22,25)(H,23,27). The molecule has 7 nitrogen and oxygen atoms in total. The third-order valence-corrected chi connectivity index (χ3v) is 6.42. The smallest absolute Gasteiger partial charge is 0.319 e. The summed E-state index contributed by atoms with van der Waals surface area (Å²) < 4.78 is 0. The molecule has 2 N–H and O–H groups in total. The van der Waals surface area contributed by atoms with Crippen LogP contribution in [-0.2, 0) is 28.0 Å². The van der Waals surface area contributed by atoms with Gasteiger partial charge in [-0.1, -0.05) is 31.2 Å². The van der Waals surface area contributed by atoms with Crippen molar-refractivity contribution in [3.8, 4) is 6.07 Å². The first-order chi connectivity index (χ1) is 13.5. The Bertz CT molecular complexity index is 1040. The van der Waals surface area contributed by atoms with Crippen molar-refractivity contribution < 1.29 is 14.4 Å². The lowest BCUT2D eigenvalue weighted by atomic mass is 9.92. The molecule has 2 aromatic rings. The molecular formula is C20H18N4O3S. The zero-order chi connectivity index (χ0) is 19.9. The Balaban J connectivity index is 1.53. The second-order valence-corrected chi connectivity index (χ2v) is 7.99. The molecule has 2 heterocycles. The van der Waals surface area contributed by atoms with Crippen LogP contribution in [0.5, 0.6) is 0 Å². The molecule has 4 rings (SSSR count). The lowest BCUT2D eigenvalue weighted by Gasteiger charge is -2.22. The van der Waals surface area contributed by atoms with Crippen LogP contribution in [0.1, 0.15) is 34.9 Å². The first-order valence-corrected chi connectivity index (χ1v) is 9.85. The fraction of sp³-hybridized carbons (Fsp3) is 0.300. The normalized spacial score (nSPS) is 20.2. The maximum absolute atomic E-state index is 13.1. The van der Waals surface area contributed by atoms with Crippen LogP contribution in [0.2, 0.25) is 0 Å². The minimum absolute atomic E-state index is 0.383. The average molecular weight is 394 g/mol. The Morgan fingerprint density at radius 2 is 2.18 bits per heavy atom. The number of nitriles is 1. The van der Waals surface area contributed by atoms with Gasteiger partial charge in [-0.25, -0.2) is 4.79 Å². The average Bonchev–Trinajstić information content (AvgIpc) is 3.33. The number of hydrogen-bond donors (Lipinski definition) is 2. The minimum atomic E-state index is -1.08. The number of fused-ring (bicyclic) bond motifs is 2. The van der Waals surface area contributed by atoms with Crippen molar-refractivity contribution in [1.82, 2.24) is 10.2 Å². The largest absolute Gasteiger partial charge is 0.325 e. The summed E-state index contributed by atoms with van der Waals surface area (Å²) in [6, 6.07) is 10.8. The Kier molecular flexibility index (Phi) is 4.40. The molecule has 0 saturated carbocycles. The van der Waals surface area contributed by atoms with Crippen molar-refractivity contribution in [2.75, 3.05) is 11.9 Å². The highest BCUT2D eigenvalue weighted by Gasteiger charge is 2.55. The van der Waals surface area contributed by atoms with E-state index in [2.05, 4.69) is 16.7 Å². The van der Waals surface area contributed by atoms with Crippen LogP contribution in [0.3, 0.4) is 0 Å². The molecule has 1 aromatic carbocycles. The number of carbonyl (C=O) groups is 3. The van der Waals surface area contributed by atoms with E-state index < -0.39 is 29.9 Å². The predicted molar refractivity (Wildman–Crippen MR) is 104 cm³/mol. The van der Waals surface area contributed by atoms with E-state index in [9.17, 15) is 19.6 Å². The summed E-state index contributed by atoms with van der Waals surface area (Å²) in [5.41, 5.74) is 1.14. The molecule has 0 bridgehead atoms. The van der Waals surface area contributed by atoms with E-state index in [1.54, 1.807) is 6.07 Å². The second kappa shape index (κ2) is 6.77. The van der Waals surface area contributed by atoms with Gasteiger partial charge in [0.1, 0.15) is 23.2 Å². The van der Waals surface area contributed by atoms with Gasteiger partial charge in [0.2, 0.25) is 5.91 Å². The van der Waals surface area contributed by atoms with Crippen LogP contribution in [0.15, 0.2) is 30.3 Å². The molecular weight excluding hydrogens is 376 g/mol. The third kappa shape index (κ3) is 2.75. The van der Waals surface area contributed by atoms with Gasteiger partial charge in [-0.2, -0.15) is 5.26 Å². The van der Waals surface area contributed by atoms with Crippen LogP contribution in [-0.4, -0.2) is 29.3 Å². The quantitative estimate of drug-likeness (QED) is 0.778. The van der Waals surface area contributed by atoms with E-state index in [4.69, 9.17) is 0 Å². The number of carbonyl (C=O) groups excluding carboxylic acids is 3. The van der Waals surface area contributed by atoms with Gasteiger partial charge in [-0.05, 0) is 36.5 Å². The van der Waals surface area contributed by atoms with E-state index in [1.165, 1.54) is 11.3 Å². The molecule has 142 valence electrons. The molecule has 1 aromatic heterocycles. The lowest BCUT2D eigenvalue weighted by molar-refractivity contribution is -0.134. The molecule has 2 aliphatic rings. The molecule has 1 saturated heterocycles. The van der Waals surface area contributed by atoms with Crippen LogP contribution in [0.4, 0.5) is 9.80 Å². The van der Waals surface area contributed by atoms with E-state index in [-0.39, 0.29) is 0 Å². The van der Waals surface area contributed by atoms with Crippen LogP contribution < -0.4 is 10.6 Å². The summed E-state index contributed by atoms with van der Waals surface area (Å²) in [7, 11) is 0. The zero-order valence-corrected chi connectivity index (χ0v) is 16.1. The highest BCUT2D eigenvalue weighted by atomic mass is 32.1. The SMILES string of the molecule is CCc1cc(C#N)c(NC(=O)CN2C(=O)NC3(CCc4ccccc43)C2=O)s1. The molecule has 28 heavy (non-hydrogen) atoms. The Labute approximate surface area is 166 Å². The number of anilines is 1. The molecule has 4 amide bonds. The molecule has 8 heteroatoms. The molecule has 0 radical (unpaired) electrons. The number of benzene rings is 1. The molecule has 1 aliphatic heterocycles. The number of aryl methyl sites for hydroxylation is 2. The van der Waals surface area contributed by atoms with Gasteiger partial charge in [-0.15, -0.1) is 11.3 Å². The van der Waals surface area contributed by atoms with Crippen LogP contribution in [0.25, 0.3) is 0 Å². The summed E-state index contributed by atoms with van der Waals surface area (Å²) >= 11 is 1.32. The first kappa shape index (κ1) is 18.2. The molecule has 1 atom stereocenters. The Morgan fingerprint density at radius 3 is 2.93 bits per heavy atom. The van der Waals surface area contributed by atoms with Crippen molar-refractivity contribution >= 4 is 34.2 Å². The maximum Gasteiger partial charge on any atom is 0.325 e. The van der Waals surface area contributed by atoms with Gasteiger partial charge in [0.15, 0.2) is 0 Å². The fourth-order valence-corrected chi connectivity index (χ4v) is 4.80. The predicted octanol–water partition coefficient (Wildman–Crippen LogP) is 2.51. The maximum atomic E-state index is 13.1. The fourth-order valence-electron chi connectivity index (χ4n) is 3.84. The van der Waals surface area contributed by atoms with Gasteiger partial charge in [0.25, 0.3) is 5.91 Å². The van der Waals surface area contributed by atoms with E-state index in [0.29, 0.717) is 23.4 Å². The number of hydrogen-bond acceptors (Lipinski definition) is 5. The van der Waals surface area contributed by atoms with Crippen molar-refractivity contribution in [1.29, 1.82) is 5.26 Å². The number of urea groups is 1. The molecule has 1 fully saturated rings. The van der Waals surface area contributed by atoms with E-state index in [0.717, 1.165) is 27.3 Å². The van der Waals surface area contributed by atoms with Crippen molar-refractivity contribution in [3.63, 3.8) is 0 Å². The third-order valence-electron chi connectivity index (χ3n) is 5.23. The summed E-state index contributed by atoms with van der Waals surface area (Å²) in [6.07, 6.45) is 1.94. The van der Waals surface area contributed by atoms with Gasteiger partial charge in [0, 0.05) is 4.88 Å². The van der Waals surface area contributed by atoms with Crippen LogP contribution in [0, 0.1) is 11.3 Å². The van der Waals surface area contributed by atoms with Gasteiger partial charge >= 0.3 is 6.03 Å². The highest BCUT2D eigenvalue weighted by Crippen LogP contribution is 2.41. The minimum Gasteiger partial charge on any atom is -0.319 e. The van der Waals surface area contributed by atoms with E-state index in [1.807, 2.05) is 31.2 Å². The lowest BCUT2D eigenvalue weighted by Crippen LogP contribution is -2.42. The Hall–Kier alpha value is -3.18. The van der Waals surface area contributed by atoms with Gasteiger partial charge in [-0.3, -0.25) is 14.5 Å². The van der Waals surface area contributed by atoms with E-state index >= 15 is 0 Å². The number of nitrogens with zero attached hydrogens (tertiary/aromatic N) is 2. The summed E-state index contributed by atoms with van der Waals surface area (Å²) in [4.78, 5) is 40.0. The Morgan fingerprint density at radius 1 is 1.39 bits per heavy atom. The van der Waals surface area contributed by atoms with Crippen molar-refractivity contribution in [2.45, 2.75) is 31.7 Å². The first-order valence-electron chi connectivity index (χ1n) is 9.03. The molecule has 1 aliphatic carbocycles. The topological polar surface area (TPSA) is 102 Å². The number of nitrogens with one attached hydrogen (secondary N) is 2. The number of imide groups is 1. The van der Waals surface area contributed by atoms with Crippen molar-refractivity contribution in [2.24, 2.45) is 0 Å². The number of rotatable bonds is 4. The second-order valence-electron chi connectivity index (χ2n) is 6.85. The highest BCUT2D eigenvalue weighted by molar-refractivity contribution is 7.16. The van der Waals surface area contributed by atoms with Gasteiger partial charge < -0.3 is 10.6 Å². The van der Waals surface area contributed by atoms with Crippen molar-refractivity contribution in [3.05, 3.63) is 51.9 Å².